The molecule has 0 radical (unpaired) electrons. The lowest BCUT2D eigenvalue weighted by atomic mass is 10.1. The number of amides is 1. The van der Waals surface area contributed by atoms with E-state index in [1.807, 2.05) is 38.1 Å². The average molecular weight is 453 g/mol. The van der Waals surface area contributed by atoms with Crippen LogP contribution in [0.2, 0.25) is 0 Å². The lowest BCUT2D eigenvalue weighted by Crippen LogP contribution is -2.41. The van der Waals surface area contributed by atoms with Crippen LogP contribution in [-0.4, -0.2) is 39.4 Å². The number of para-hydroxylation sites is 1. The minimum absolute atomic E-state index is 0.0961. The normalized spacial score (nSPS) is 11.1. The quantitative estimate of drug-likeness (QED) is 0.487. The van der Waals surface area contributed by atoms with E-state index in [0.29, 0.717) is 24.6 Å². The molecule has 0 saturated heterocycles. The Morgan fingerprint density at radius 3 is 2.12 bits per heavy atom. The van der Waals surface area contributed by atoms with E-state index in [-0.39, 0.29) is 17.3 Å². The molecule has 0 aliphatic carbocycles. The number of carbonyl (C=O) groups excluding carboxylic acids is 1. The van der Waals surface area contributed by atoms with Gasteiger partial charge < -0.3 is 9.64 Å². The molecular weight excluding hydrogens is 424 g/mol. The van der Waals surface area contributed by atoms with Crippen molar-refractivity contribution in [1.29, 1.82) is 0 Å². The fraction of sp³-hybridized carbons (Fsp3) is 0.240. The third-order valence-corrected chi connectivity index (χ3v) is 6.80. The number of hydrogen-bond donors (Lipinski definition) is 0. The molecule has 3 rings (SSSR count). The second kappa shape index (κ2) is 10.3. The van der Waals surface area contributed by atoms with Gasteiger partial charge in [-0.05, 0) is 55.8 Å². The number of nitrogens with zero attached hydrogens (tertiary/aromatic N) is 2. The molecule has 0 spiro atoms. The standard InChI is InChI=1S/C25H28N2O4S/c1-4-31-23-14-16-24(17-15-23)32(29,30)27(22-8-6-5-7-9-22)19-25(28)26(3)18-21-12-10-20(2)11-13-21/h5-17H,4,18-19H2,1-3H3. The fourth-order valence-electron chi connectivity index (χ4n) is 3.21. The van der Waals surface area contributed by atoms with E-state index in [1.54, 1.807) is 49.5 Å². The number of likely N-dealkylation sites (N-methyl/N-ethyl adjacent to an activating group) is 1. The lowest BCUT2D eigenvalue weighted by Gasteiger charge is -2.27. The molecule has 32 heavy (non-hydrogen) atoms. The van der Waals surface area contributed by atoms with E-state index >= 15 is 0 Å². The highest BCUT2D eigenvalue weighted by Crippen LogP contribution is 2.25. The summed E-state index contributed by atoms with van der Waals surface area (Å²) in [5.41, 5.74) is 2.55. The number of anilines is 1. The summed E-state index contributed by atoms with van der Waals surface area (Å²) < 4.78 is 33.5. The molecule has 0 unspecified atom stereocenters. The van der Waals surface area contributed by atoms with Crippen molar-refractivity contribution in [3.8, 4) is 5.75 Å². The SMILES string of the molecule is CCOc1ccc(S(=O)(=O)N(CC(=O)N(C)Cc2ccc(C)cc2)c2ccccc2)cc1. The molecule has 168 valence electrons. The Balaban J connectivity index is 1.85. The molecule has 7 heteroatoms. The van der Waals surface area contributed by atoms with Gasteiger partial charge in [0.2, 0.25) is 5.91 Å². The maximum absolute atomic E-state index is 13.5. The summed E-state index contributed by atoms with van der Waals surface area (Å²) in [6.07, 6.45) is 0. The molecule has 0 atom stereocenters. The van der Waals surface area contributed by atoms with Crippen LogP contribution in [0.5, 0.6) is 5.75 Å². The minimum Gasteiger partial charge on any atom is -0.494 e. The van der Waals surface area contributed by atoms with Gasteiger partial charge in [-0.1, -0.05) is 48.0 Å². The van der Waals surface area contributed by atoms with Crippen LogP contribution in [0.1, 0.15) is 18.1 Å². The summed E-state index contributed by atoms with van der Waals surface area (Å²) >= 11 is 0. The molecule has 3 aromatic carbocycles. The van der Waals surface area contributed by atoms with Gasteiger partial charge in [-0.15, -0.1) is 0 Å². The van der Waals surface area contributed by atoms with Gasteiger partial charge in [0, 0.05) is 13.6 Å². The maximum Gasteiger partial charge on any atom is 0.264 e. The molecule has 1 amide bonds. The van der Waals surface area contributed by atoms with Crippen molar-refractivity contribution in [3.05, 3.63) is 90.0 Å². The van der Waals surface area contributed by atoms with E-state index in [4.69, 9.17) is 4.74 Å². The lowest BCUT2D eigenvalue weighted by molar-refractivity contribution is -0.128. The summed E-state index contributed by atoms with van der Waals surface area (Å²) in [6, 6.07) is 22.8. The first-order valence-corrected chi connectivity index (χ1v) is 11.9. The Labute approximate surface area is 190 Å². The number of sulfonamides is 1. The Kier molecular flexibility index (Phi) is 7.53. The van der Waals surface area contributed by atoms with Gasteiger partial charge in [0.1, 0.15) is 12.3 Å². The second-order valence-corrected chi connectivity index (χ2v) is 9.35. The Bertz CT molecular complexity index is 1130. The first-order chi connectivity index (χ1) is 15.3. The van der Waals surface area contributed by atoms with Gasteiger partial charge in [-0.2, -0.15) is 0 Å². The van der Waals surface area contributed by atoms with Crippen molar-refractivity contribution >= 4 is 21.6 Å². The Morgan fingerprint density at radius 1 is 0.906 bits per heavy atom. The van der Waals surface area contributed by atoms with Crippen molar-refractivity contribution in [3.63, 3.8) is 0 Å². The van der Waals surface area contributed by atoms with Gasteiger partial charge >= 0.3 is 0 Å². The monoisotopic (exact) mass is 452 g/mol. The predicted molar refractivity (Wildman–Crippen MR) is 126 cm³/mol. The largest absolute Gasteiger partial charge is 0.494 e. The highest BCUT2D eigenvalue weighted by molar-refractivity contribution is 7.92. The summed E-state index contributed by atoms with van der Waals surface area (Å²) in [6.45, 7) is 4.44. The molecule has 0 fully saturated rings. The zero-order valence-electron chi connectivity index (χ0n) is 18.6. The van der Waals surface area contributed by atoms with E-state index in [2.05, 4.69) is 0 Å². The minimum atomic E-state index is -3.96. The van der Waals surface area contributed by atoms with Gasteiger partial charge in [-0.3, -0.25) is 9.10 Å². The molecule has 0 aliphatic rings. The molecule has 0 aliphatic heterocycles. The third-order valence-electron chi connectivity index (χ3n) is 5.01. The smallest absolute Gasteiger partial charge is 0.264 e. The van der Waals surface area contributed by atoms with Crippen LogP contribution in [0, 0.1) is 6.92 Å². The molecule has 3 aromatic rings. The van der Waals surface area contributed by atoms with Crippen LogP contribution in [0.4, 0.5) is 5.69 Å². The summed E-state index contributed by atoms with van der Waals surface area (Å²) in [5.74, 6) is 0.288. The number of rotatable bonds is 9. The van der Waals surface area contributed by atoms with E-state index < -0.39 is 10.0 Å². The predicted octanol–water partition coefficient (Wildman–Crippen LogP) is 4.25. The highest BCUT2D eigenvalue weighted by Gasteiger charge is 2.28. The average Bonchev–Trinajstić information content (AvgIpc) is 2.80. The highest BCUT2D eigenvalue weighted by atomic mass is 32.2. The maximum atomic E-state index is 13.5. The van der Waals surface area contributed by atoms with Crippen molar-refractivity contribution < 1.29 is 17.9 Å². The number of hydrogen-bond acceptors (Lipinski definition) is 4. The van der Waals surface area contributed by atoms with Crippen LogP contribution >= 0.6 is 0 Å². The molecule has 0 N–H and O–H groups in total. The van der Waals surface area contributed by atoms with Crippen molar-refractivity contribution in [2.24, 2.45) is 0 Å². The molecule has 0 heterocycles. The number of ether oxygens (including phenoxy) is 1. The van der Waals surface area contributed by atoms with Gasteiger partial charge in [0.15, 0.2) is 0 Å². The zero-order chi connectivity index (χ0) is 23.1. The van der Waals surface area contributed by atoms with Gasteiger partial charge in [-0.25, -0.2) is 8.42 Å². The molecular formula is C25H28N2O4S. The van der Waals surface area contributed by atoms with E-state index in [1.165, 1.54) is 17.0 Å². The van der Waals surface area contributed by atoms with Crippen LogP contribution in [0.25, 0.3) is 0 Å². The van der Waals surface area contributed by atoms with Crippen molar-refractivity contribution in [1.82, 2.24) is 4.90 Å². The Morgan fingerprint density at radius 2 is 1.53 bits per heavy atom. The van der Waals surface area contributed by atoms with Gasteiger partial charge in [0.25, 0.3) is 10.0 Å². The van der Waals surface area contributed by atoms with E-state index in [9.17, 15) is 13.2 Å². The summed E-state index contributed by atoms with van der Waals surface area (Å²) in [5, 5.41) is 0. The van der Waals surface area contributed by atoms with Crippen LogP contribution in [0.15, 0.2) is 83.8 Å². The first kappa shape index (κ1) is 23.3. The third kappa shape index (κ3) is 5.68. The molecule has 0 saturated carbocycles. The van der Waals surface area contributed by atoms with Crippen LogP contribution in [-0.2, 0) is 21.4 Å². The fourth-order valence-corrected chi connectivity index (χ4v) is 4.62. The van der Waals surface area contributed by atoms with E-state index in [0.717, 1.165) is 15.4 Å². The Hall–Kier alpha value is -3.32. The number of carbonyl (C=O) groups is 1. The van der Waals surface area contributed by atoms with Crippen molar-refractivity contribution in [2.45, 2.75) is 25.3 Å². The van der Waals surface area contributed by atoms with Crippen LogP contribution in [0.3, 0.4) is 0 Å². The first-order valence-electron chi connectivity index (χ1n) is 10.4. The molecule has 0 aromatic heterocycles. The number of aryl methyl sites for hydroxylation is 1. The van der Waals surface area contributed by atoms with Gasteiger partial charge in [0.05, 0.1) is 17.2 Å². The topological polar surface area (TPSA) is 66.9 Å². The summed E-state index contributed by atoms with van der Waals surface area (Å²) in [4.78, 5) is 14.6. The zero-order valence-corrected chi connectivity index (χ0v) is 19.4. The second-order valence-electron chi connectivity index (χ2n) is 7.49. The number of benzene rings is 3. The summed E-state index contributed by atoms with van der Waals surface area (Å²) in [7, 11) is -2.29. The van der Waals surface area contributed by atoms with Crippen molar-refractivity contribution in [2.75, 3.05) is 24.5 Å². The van der Waals surface area contributed by atoms with Crippen LogP contribution < -0.4 is 9.04 Å². The molecule has 6 nitrogen and oxygen atoms in total. The molecule has 0 bridgehead atoms.